The molecule has 3 fully saturated rings. The Labute approximate surface area is 260 Å². The first-order chi connectivity index (χ1) is 20.6. The Bertz CT molecular complexity index is 1540. The zero-order chi connectivity index (χ0) is 31.5. The molecular formula is C32H29ClF8N2O2. The standard InChI is InChI=1S/C32H29F8N2O2.ClH/c33-26-7-6-23(17-27(26)34)30(10-13-42-11-8-29(20-42,9-12-42)22-4-2-1-3-5-22)19-41(28(43)44-30)18-21-14-24(31(35,36)37)16-25(15-21)32(38,39)40;/h1-7,14-17H,8-13,18-20H2;1H/q+1;/p-1. The van der Waals surface area contributed by atoms with Crippen molar-refractivity contribution in [3.05, 3.63) is 106 Å². The maximum atomic E-state index is 14.4. The van der Waals surface area contributed by atoms with Gasteiger partial charge in [-0.2, -0.15) is 26.3 Å². The lowest BCUT2D eigenvalue weighted by Gasteiger charge is -2.36. The number of carbonyl (C=O) groups is 1. The molecule has 13 heteroatoms. The Morgan fingerprint density at radius 3 is 2.00 bits per heavy atom. The lowest BCUT2D eigenvalue weighted by molar-refractivity contribution is -0.910. The molecule has 2 bridgehead atoms. The summed E-state index contributed by atoms with van der Waals surface area (Å²) >= 11 is 0. The van der Waals surface area contributed by atoms with Crippen molar-refractivity contribution in [1.82, 2.24) is 4.90 Å². The maximum absolute atomic E-state index is 14.4. The molecule has 4 nitrogen and oxygen atoms in total. The van der Waals surface area contributed by atoms with Crippen LogP contribution in [0.1, 0.15) is 47.1 Å². The molecule has 3 aromatic rings. The lowest BCUT2D eigenvalue weighted by atomic mass is 9.78. The van der Waals surface area contributed by atoms with Gasteiger partial charge in [0, 0.05) is 31.4 Å². The lowest BCUT2D eigenvalue weighted by Crippen LogP contribution is -3.00. The van der Waals surface area contributed by atoms with Crippen LogP contribution in [-0.4, -0.2) is 48.2 Å². The summed E-state index contributed by atoms with van der Waals surface area (Å²) in [6.45, 7) is 2.24. The molecule has 3 aliphatic rings. The molecule has 45 heavy (non-hydrogen) atoms. The van der Waals surface area contributed by atoms with Crippen LogP contribution >= 0.6 is 0 Å². The molecule has 3 heterocycles. The number of hydrogen-bond acceptors (Lipinski definition) is 2. The van der Waals surface area contributed by atoms with E-state index in [1.54, 1.807) is 0 Å². The second-order valence-corrected chi connectivity index (χ2v) is 12.3. The van der Waals surface area contributed by atoms with Crippen LogP contribution < -0.4 is 12.4 Å². The van der Waals surface area contributed by atoms with Crippen LogP contribution in [0.3, 0.4) is 0 Å². The van der Waals surface area contributed by atoms with Gasteiger partial charge in [-0.05, 0) is 41.5 Å². The third-order valence-corrected chi connectivity index (χ3v) is 9.60. The van der Waals surface area contributed by atoms with E-state index in [-0.39, 0.29) is 42.4 Å². The molecule has 3 saturated heterocycles. The monoisotopic (exact) mass is 660 g/mol. The molecule has 1 amide bonds. The quantitative estimate of drug-likeness (QED) is 0.269. The molecule has 3 aliphatic heterocycles. The van der Waals surface area contributed by atoms with E-state index in [1.165, 1.54) is 11.6 Å². The van der Waals surface area contributed by atoms with Crippen molar-refractivity contribution in [2.75, 3.05) is 32.7 Å². The number of cyclic esters (lactones) is 1. The first kappa shape index (κ1) is 33.0. The van der Waals surface area contributed by atoms with Gasteiger partial charge in [-0.15, -0.1) is 0 Å². The van der Waals surface area contributed by atoms with E-state index < -0.39 is 58.9 Å². The number of alkyl halides is 6. The van der Waals surface area contributed by atoms with Crippen molar-refractivity contribution in [3.63, 3.8) is 0 Å². The molecule has 0 saturated carbocycles. The Kier molecular flexibility index (Phi) is 8.40. The first-order valence-electron chi connectivity index (χ1n) is 14.2. The van der Waals surface area contributed by atoms with Crippen LogP contribution in [0.4, 0.5) is 39.9 Å². The van der Waals surface area contributed by atoms with Crippen LogP contribution in [0.5, 0.6) is 0 Å². The van der Waals surface area contributed by atoms with Crippen LogP contribution in [0.15, 0.2) is 66.7 Å². The SMILES string of the molecule is O=C1OC(CC[N+]23CCC(c4ccccc4)(CC2)C3)(c2ccc(F)c(F)c2)CN1Cc1cc(C(F)(F)F)cc(C(F)(F)F)c1.[Cl-]. The number of benzene rings is 3. The fraction of sp³-hybridized carbons (Fsp3) is 0.406. The highest BCUT2D eigenvalue weighted by atomic mass is 35.5. The second-order valence-electron chi connectivity index (χ2n) is 12.3. The highest BCUT2D eigenvalue weighted by molar-refractivity contribution is 5.71. The fourth-order valence-corrected chi connectivity index (χ4v) is 7.28. The van der Waals surface area contributed by atoms with Crippen LogP contribution in [0, 0.1) is 11.6 Å². The second kappa shape index (κ2) is 11.5. The highest BCUT2D eigenvalue weighted by Crippen LogP contribution is 2.49. The van der Waals surface area contributed by atoms with E-state index in [2.05, 4.69) is 12.1 Å². The van der Waals surface area contributed by atoms with E-state index in [0.717, 1.165) is 54.0 Å². The smallest absolute Gasteiger partial charge is 0.416 e. The molecular weight excluding hydrogens is 632 g/mol. The van der Waals surface area contributed by atoms with Gasteiger partial charge in [0.15, 0.2) is 17.2 Å². The molecule has 6 rings (SSSR count). The summed E-state index contributed by atoms with van der Waals surface area (Å²) in [5.41, 5.74) is -3.45. The van der Waals surface area contributed by atoms with Gasteiger partial charge in [0.1, 0.15) is 0 Å². The zero-order valence-electron chi connectivity index (χ0n) is 23.8. The summed E-state index contributed by atoms with van der Waals surface area (Å²) in [7, 11) is 0. The number of ether oxygens (including phenoxy) is 1. The molecule has 0 spiro atoms. The highest BCUT2D eigenvalue weighted by Gasteiger charge is 2.57. The zero-order valence-corrected chi connectivity index (χ0v) is 24.6. The summed E-state index contributed by atoms with van der Waals surface area (Å²) in [6.07, 6.45) is -8.96. The predicted octanol–water partition coefficient (Wildman–Crippen LogP) is 4.81. The van der Waals surface area contributed by atoms with Gasteiger partial charge in [-0.25, -0.2) is 13.6 Å². The number of hydrogen-bond donors (Lipinski definition) is 0. The van der Waals surface area contributed by atoms with E-state index >= 15 is 0 Å². The molecule has 0 aromatic heterocycles. The number of carbonyl (C=O) groups excluding carboxylic acids is 1. The minimum Gasteiger partial charge on any atom is -1.00 e. The number of halogens is 9. The molecule has 0 aliphatic carbocycles. The van der Waals surface area contributed by atoms with Crippen LogP contribution in [-0.2, 0) is 34.7 Å². The van der Waals surface area contributed by atoms with Crippen molar-refractivity contribution in [2.24, 2.45) is 0 Å². The Balaban J connectivity index is 0.00000400. The summed E-state index contributed by atoms with van der Waals surface area (Å²) in [6, 6.07) is 14.5. The number of quaternary nitrogens is 1. The van der Waals surface area contributed by atoms with Crippen molar-refractivity contribution < 1.29 is 61.5 Å². The summed E-state index contributed by atoms with van der Waals surface area (Å²) < 4.78 is 116. The van der Waals surface area contributed by atoms with Gasteiger partial charge in [0.2, 0.25) is 0 Å². The van der Waals surface area contributed by atoms with Crippen molar-refractivity contribution in [3.8, 4) is 0 Å². The van der Waals surface area contributed by atoms with Gasteiger partial charge in [0.05, 0.1) is 49.3 Å². The van der Waals surface area contributed by atoms with Gasteiger partial charge in [-0.3, -0.25) is 4.90 Å². The average Bonchev–Trinajstić information content (AvgIpc) is 3.64. The largest absolute Gasteiger partial charge is 1.00 e. The van der Waals surface area contributed by atoms with Crippen molar-refractivity contribution in [1.29, 1.82) is 0 Å². The minimum absolute atomic E-state index is 0. The topological polar surface area (TPSA) is 29.5 Å². The normalized spacial score (nSPS) is 26.2. The van der Waals surface area contributed by atoms with Crippen LogP contribution in [0.25, 0.3) is 0 Å². The third-order valence-electron chi connectivity index (χ3n) is 9.60. The number of fused-ring (bicyclic) bond motifs is 2. The number of nitrogens with zero attached hydrogens (tertiary/aromatic N) is 2. The number of piperidine rings is 1. The summed E-state index contributed by atoms with van der Waals surface area (Å²) in [4.78, 5) is 14.2. The van der Waals surface area contributed by atoms with E-state index in [1.807, 2.05) is 18.2 Å². The molecule has 242 valence electrons. The fourth-order valence-electron chi connectivity index (χ4n) is 7.28. The average molecular weight is 661 g/mol. The van der Waals surface area contributed by atoms with Crippen molar-refractivity contribution in [2.45, 2.75) is 49.2 Å². The van der Waals surface area contributed by atoms with Gasteiger partial charge in [-0.1, -0.05) is 36.4 Å². The van der Waals surface area contributed by atoms with Crippen LogP contribution in [0.2, 0.25) is 0 Å². The molecule has 1 atom stereocenters. The number of amides is 1. The van der Waals surface area contributed by atoms with Gasteiger partial charge in [0.25, 0.3) is 0 Å². The van der Waals surface area contributed by atoms with E-state index in [4.69, 9.17) is 4.74 Å². The molecule has 3 aromatic carbocycles. The first-order valence-corrected chi connectivity index (χ1v) is 14.2. The summed E-state index contributed by atoms with van der Waals surface area (Å²) in [5.74, 6) is -2.27. The Morgan fingerprint density at radius 1 is 0.800 bits per heavy atom. The third kappa shape index (κ3) is 6.23. The number of rotatable bonds is 7. The molecule has 1 unspecified atom stereocenters. The maximum Gasteiger partial charge on any atom is 0.416 e. The summed E-state index contributed by atoms with van der Waals surface area (Å²) in [5, 5.41) is 0. The molecule has 0 radical (unpaired) electrons. The molecule has 0 N–H and O–H groups in total. The van der Waals surface area contributed by atoms with Crippen molar-refractivity contribution >= 4 is 6.09 Å². The van der Waals surface area contributed by atoms with Gasteiger partial charge >= 0.3 is 18.4 Å². The van der Waals surface area contributed by atoms with Gasteiger partial charge < -0.3 is 21.6 Å². The predicted molar refractivity (Wildman–Crippen MR) is 143 cm³/mol. The minimum atomic E-state index is -5.05. The Morgan fingerprint density at radius 2 is 1.42 bits per heavy atom. The Hall–Kier alpha value is -3.38. The van der Waals surface area contributed by atoms with E-state index in [9.17, 15) is 39.9 Å². The van der Waals surface area contributed by atoms with E-state index in [0.29, 0.717) is 18.7 Å².